The third-order valence-corrected chi connectivity index (χ3v) is 7.65. The Bertz CT molecular complexity index is 1110. The molecule has 8 heteroatoms. The van der Waals surface area contributed by atoms with Crippen molar-refractivity contribution >= 4 is 33.9 Å². The van der Waals surface area contributed by atoms with Gasteiger partial charge in [0.2, 0.25) is 0 Å². The van der Waals surface area contributed by atoms with Crippen LogP contribution in [0, 0.1) is 0 Å². The van der Waals surface area contributed by atoms with Crippen molar-refractivity contribution in [1.82, 2.24) is 5.32 Å². The smallest absolute Gasteiger partial charge is 0.341 e. The maximum Gasteiger partial charge on any atom is 0.341 e. The van der Waals surface area contributed by atoms with Crippen LogP contribution in [0.3, 0.4) is 0 Å². The molecule has 1 aromatic carbocycles. The van der Waals surface area contributed by atoms with E-state index in [1.54, 1.807) is 0 Å². The normalized spacial score (nSPS) is 19.1. The van der Waals surface area contributed by atoms with Crippen LogP contribution in [-0.4, -0.2) is 49.3 Å². The molecule has 2 aromatic rings. The summed E-state index contributed by atoms with van der Waals surface area (Å²) < 4.78 is 11.2. The summed E-state index contributed by atoms with van der Waals surface area (Å²) in [5, 5.41) is 7.24. The molecule has 0 saturated carbocycles. The number of fused-ring (bicyclic) bond motifs is 1. The van der Waals surface area contributed by atoms with E-state index in [0.29, 0.717) is 35.8 Å². The number of ether oxygens (including phenoxy) is 2. The standard InChI is InChI=1S/C27H37N3O4S/c1-25(2,3)34-24(32)20-19-16-26(4,5)29-27(6,7)21(19)35-23(20)28-22(31)17-8-10-18(11-9-17)30-12-14-33-15-13-30/h8-11,29H,12-16H2,1-7H3,(H,28,31). The molecule has 7 nitrogen and oxygen atoms in total. The van der Waals surface area contributed by atoms with Crippen LogP contribution < -0.4 is 15.5 Å². The first-order valence-electron chi connectivity index (χ1n) is 12.2. The van der Waals surface area contributed by atoms with Crippen molar-refractivity contribution < 1.29 is 19.1 Å². The number of amides is 1. The Labute approximate surface area is 212 Å². The van der Waals surface area contributed by atoms with E-state index >= 15 is 0 Å². The van der Waals surface area contributed by atoms with Gasteiger partial charge in [-0.3, -0.25) is 4.79 Å². The molecule has 1 aromatic heterocycles. The Morgan fingerprint density at radius 1 is 1.09 bits per heavy atom. The van der Waals surface area contributed by atoms with Crippen molar-refractivity contribution in [3.63, 3.8) is 0 Å². The summed E-state index contributed by atoms with van der Waals surface area (Å²) in [6.45, 7) is 17.1. The fourth-order valence-electron chi connectivity index (χ4n) is 4.98. The molecule has 190 valence electrons. The second-order valence-corrected chi connectivity index (χ2v) is 12.5. The number of esters is 1. The van der Waals surface area contributed by atoms with Crippen LogP contribution in [0.1, 0.15) is 79.6 Å². The van der Waals surface area contributed by atoms with Gasteiger partial charge in [0.05, 0.1) is 18.8 Å². The summed E-state index contributed by atoms with van der Waals surface area (Å²) in [5.74, 6) is -0.645. The molecule has 0 unspecified atom stereocenters. The predicted molar refractivity (Wildman–Crippen MR) is 141 cm³/mol. The van der Waals surface area contributed by atoms with Gasteiger partial charge in [0.15, 0.2) is 0 Å². The molecule has 2 aliphatic rings. The number of hydrogen-bond donors (Lipinski definition) is 2. The number of rotatable bonds is 4. The van der Waals surface area contributed by atoms with Gasteiger partial charge in [-0.05, 0) is 84.7 Å². The number of nitrogens with zero attached hydrogens (tertiary/aromatic N) is 1. The number of anilines is 2. The summed E-state index contributed by atoms with van der Waals surface area (Å²) in [4.78, 5) is 29.9. The maximum atomic E-state index is 13.4. The first kappa shape index (κ1) is 25.7. The van der Waals surface area contributed by atoms with Crippen molar-refractivity contribution in [2.24, 2.45) is 0 Å². The average Bonchev–Trinajstić information content (AvgIpc) is 3.10. The number of carbonyl (C=O) groups excluding carboxylic acids is 2. The topological polar surface area (TPSA) is 79.9 Å². The predicted octanol–water partition coefficient (Wildman–Crippen LogP) is 4.95. The minimum Gasteiger partial charge on any atom is -0.456 e. The molecule has 0 atom stereocenters. The van der Waals surface area contributed by atoms with Crippen molar-refractivity contribution in [1.29, 1.82) is 0 Å². The molecule has 2 N–H and O–H groups in total. The minimum atomic E-state index is -0.638. The summed E-state index contributed by atoms with van der Waals surface area (Å²) >= 11 is 1.46. The van der Waals surface area contributed by atoms with E-state index in [1.165, 1.54) is 11.3 Å². The highest BCUT2D eigenvalue weighted by atomic mass is 32.1. The van der Waals surface area contributed by atoms with Gasteiger partial charge in [-0.15, -0.1) is 11.3 Å². The first-order chi connectivity index (χ1) is 16.3. The SMILES string of the molecule is CC1(C)Cc2c(sc(NC(=O)c3ccc(N4CCOCC4)cc3)c2C(=O)OC(C)(C)C)C(C)(C)N1. The summed E-state index contributed by atoms with van der Waals surface area (Å²) in [6.07, 6.45) is 0.668. The highest BCUT2D eigenvalue weighted by Gasteiger charge is 2.42. The highest BCUT2D eigenvalue weighted by molar-refractivity contribution is 7.17. The van der Waals surface area contributed by atoms with E-state index in [0.717, 1.165) is 29.2 Å². The second-order valence-electron chi connectivity index (χ2n) is 11.5. The van der Waals surface area contributed by atoms with E-state index in [4.69, 9.17) is 9.47 Å². The van der Waals surface area contributed by atoms with Crippen LogP contribution in [0.2, 0.25) is 0 Å². The third kappa shape index (κ3) is 5.71. The van der Waals surface area contributed by atoms with Crippen LogP contribution >= 0.6 is 11.3 Å². The lowest BCUT2D eigenvalue weighted by Gasteiger charge is -2.42. The molecule has 35 heavy (non-hydrogen) atoms. The molecule has 2 aliphatic heterocycles. The van der Waals surface area contributed by atoms with Gasteiger partial charge in [-0.25, -0.2) is 4.79 Å². The molecule has 0 radical (unpaired) electrons. The van der Waals surface area contributed by atoms with Gasteiger partial charge in [-0.1, -0.05) is 0 Å². The van der Waals surface area contributed by atoms with Gasteiger partial charge in [0.25, 0.3) is 5.91 Å². The Morgan fingerprint density at radius 3 is 2.31 bits per heavy atom. The summed E-state index contributed by atoms with van der Waals surface area (Å²) in [6, 6.07) is 7.58. The zero-order chi connectivity index (χ0) is 25.6. The number of hydrogen-bond acceptors (Lipinski definition) is 7. The second kappa shape index (κ2) is 9.22. The molecular formula is C27H37N3O4S. The number of benzene rings is 1. The maximum absolute atomic E-state index is 13.4. The number of carbonyl (C=O) groups is 2. The Morgan fingerprint density at radius 2 is 1.71 bits per heavy atom. The van der Waals surface area contributed by atoms with Crippen LogP contribution in [0.5, 0.6) is 0 Å². The van der Waals surface area contributed by atoms with Gasteiger partial charge >= 0.3 is 5.97 Å². The van der Waals surface area contributed by atoms with Gasteiger partial charge in [0, 0.05) is 40.3 Å². The minimum absolute atomic E-state index is 0.203. The van der Waals surface area contributed by atoms with Crippen LogP contribution in [0.4, 0.5) is 10.7 Å². The molecule has 0 aliphatic carbocycles. The number of morpholine rings is 1. The van der Waals surface area contributed by atoms with Crippen molar-refractivity contribution in [3.05, 3.63) is 45.8 Å². The average molecular weight is 500 g/mol. The monoisotopic (exact) mass is 499 g/mol. The largest absolute Gasteiger partial charge is 0.456 e. The van der Waals surface area contributed by atoms with Crippen LogP contribution in [0.15, 0.2) is 24.3 Å². The molecule has 4 rings (SSSR count). The fourth-order valence-corrected chi connectivity index (χ4v) is 6.24. The summed E-state index contributed by atoms with van der Waals surface area (Å²) in [7, 11) is 0. The fraction of sp³-hybridized carbons (Fsp3) is 0.556. The van der Waals surface area contributed by atoms with Gasteiger partial charge in [-0.2, -0.15) is 0 Å². The molecule has 1 fully saturated rings. The molecule has 0 spiro atoms. The molecule has 1 amide bonds. The Hall–Kier alpha value is -2.42. The Balaban J connectivity index is 1.65. The van der Waals surface area contributed by atoms with E-state index < -0.39 is 11.6 Å². The zero-order valence-corrected chi connectivity index (χ0v) is 22.6. The van der Waals surface area contributed by atoms with Crippen molar-refractivity contribution in [3.8, 4) is 0 Å². The van der Waals surface area contributed by atoms with Gasteiger partial charge in [0.1, 0.15) is 10.6 Å². The molecule has 0 bridgehead atoms. The quantitative estimate of drug-likeness (QED) is 0.580. The van der Waals surface area contributed by atoms with Crippen molar-refractivity contribution in [2.75, 3.05) is 36.5 Å². The van der Waals surface area contributed by atoms with E-state index in [1.807, 2.05) is 45.0 Å². The molecule has 1 saturated heterocycles. The Kier molecular flexibility index (Phi) is 6.76. The lowest BCUT2D eigenvalue weighted by molar-refractivity contribution is 0.00693. The van der Waals surface area contributed by atoms with Gasteiger partial charge < -0.3 is 25.0 Å². The third-order valence-electron chi connectivity index (χ3n) is 6.18. The van der Waals surface area contributed by atoms with Crippen LogP contribution in [0.25, 0.3) is 0 Å². The highest BCUT2D eigenvalue weighted by Crippen LogP contribution is 2.45. The number of thiophene rings is 1. The lowest BCUT2D eigenvalue weighted by atomic mass is 9.81. The van der Waals surface area contributed by atoms with E-state index in [-0.39, 0.29) is 17.0 Å². The summed E-state index contributed by atoms with van der Waals surface area (Å²) in [5.41, 5.74) is 1.85. The van der Waals surface area contributed by atoms with Crippen molar-refractivity contribution in [2.45, 2.75) is 71.6 Å². The van der Waals surface area contributed by atoms with Crippen LogP contribution in [-0.2, 0) is 21.4 Å². The first-order valence-corrected chi connectivity index (χ1v) is 13.0. The lowest BCUT2D eigenvalue weighted by Crippen LogP contribution is -2.55. The van der Waals surface area contributed by atoms with E-state index in [2.05, 4.69) is 43.2 Å². The van der Waals surface area contributed by atoms with E-state index in [9.17, 15) is 9.59 Å². The molecule has 3 heterocycles. The zero-order valence-electron chi connectivity index (χ0n) is 21.8. The molecular weight excluding hydrogens is 462 g/mol. The number of nitrogens with one attached hydrogen (secondary N) is 2.